The van der Waals surface area contributed by atoms with Gasteiger partial charge in [-0.2, -0.15) is 4.39 Å². The van der Waals surface area contributed by atoms with E-state index in [9.17, 15) is 8.78 Å². The molecule has 0 radical (unpaired) electrons. The molecule has 2 fully saturated rings. The van der Waals surface area contributed by atoms with E-state index >= 15 is 0 Å². The molecule has 3 nitrogen and oxygen atoms in total. The second kappa shape index (κ2) is 7.79. The van der Waals surface area contributed by atoms with Crippen LogP contribution < -0.4 is 4.74 Å². The van der Waals surface area contributed by atoms with E-state index in [0.717, 1.165) is 25.9 Å². The lowest BCUT2D eigenvalue weighted by molar-refractivity contribution is -0.107. The Hall–Kier alpha value is -1.20. The minimum Gasteiger partial charge on any atom is -0.488 e. The molecule has 0 aliphatic carbocycles. The van der Waals surface area contributed by atoms with E-state index in [2.05, 4.69) is 6.92 Å². The molecule has 2 heterocycles. The van der Waals surface area contributed by atoms with Crippen LogP contribution in [0.15, 0.2) is 12.1 Å². The highest BCUT2D eigenvalue weighted by Crippen LogP contribution is 2.31. The molecular weight excluding hydrogens is 314 g/mol. The first-order valence-electron chi connectivity index (χ1n) is 8.85. The van der Waals surface area contributed by atoms with Gasteiger partial charge in [-0.05, 0) is 50.2 Å². The summed E-state index contributed by atoms with van der Waals surface area (Å²) in [6.07, 6.45) is 4.42. The van der Waals surface area contributed by atoms with Gasteiger partial charge in [-0.25, -0.2) is 4.39 Å². The molecule has 1 aromatic rings. The summed E-state index contributed by atoms with van der Waals surface area (Å²) in [6.45, 7) is 5.48. The molecule has 2 aliphatic rings. The molecule has 0 amide bonds. The minimum absolute atomic E-state index is 0.0478. The summed E-state index contributed by atoms with van der Waals surface area (Å²) in [5, 5.41) is 0. The van der Waals surface area contributed by atoms with Gasteiger partial charge in [0, 0.05) is 12.5 Å². The topological polar surface area (TPSA) is 27.7 Å². The Bertz CT molecular complexity index is 548. The number of benzene rings is 1. The lowest BCUT2D eigenvalue weighted by atomic mass is 9.87. The molecule has 2 aliphatic heterocycles. The molecule has 2 saturated heterocycles. The van der Waals surface area contributed by atoms with Crippen molar-refractivity contribution in [3.05, 3.63) is 29.3 Å². The largest absolute Gasteiger partial charge is 0.488 e. The zero-order valence-electron chi connectivity index (χ0n) is 14.4. The van der Waals surface area contributed by atoms with E-state index in [-0.39, 0.29) is 24.0 Å². The molecule has 2 unspecified atom stereocenters. The summed E-state index contributed by atoms with van der Waals surface area (Å²) in [5.41, 5.74) is 0.276. The van der Waals surface area contributed by atoms with E-state index in [1.165, 1.54) is 25.5 Å². The van der Waals surface area contributed by atoms with Gasteiger partial charge in [0.2, 0.25) is 5.82 Å². The van der Waals surface area contributed by atoms with Crippen LogP contribution in [0.3, 0.4) is 0 Å². The number of aryl methyl sites for hydroxylation is 1. The van der Waals surface area contributed by atoms with Crippen LogP contribution in [-0.4, -0.2) is 32.0 Å². The van der Waals surface area contributed by atoms with Crippen molar-refractivity contribution >= 4 is 0 Å². The average molecular weight is 340 g/mol. The number of hydrogen-bond donors (Lipinski definition) is 0. The first-order valence-corrected chi connectivity index (χ1v) is 8.85. The number of halogens is 2. The van der Waals surface area contributed by atoms with Crippen LogP contribution in [0.5, 0.6) is 5.75 Å². The molecule has 0 bridgehead atoms. The quantitative estimate of drug-likeness (QED) is 0.819. The van der Waals surface area contributed by atoms with Gasteiger partial charge in [0.05, 0.1) is 18.8 Å². The summed E-state index contributed by atoms with van der Waals surface area (Å²) in [7, 11) is 0. The molecule has 1 aromatic carbocycles. The summed E-state index contributed by atoms with van der Waals surface area (Å²) >= 11 is 0. The molecule has 5 heteroatoms. The molecule has 0 spiro atoms. The Morgan fingerprint density at radius 3 is 2.54 bits per heavy atom. The highest BCUT2D eigenvalue weighted by atomic mass is 19.2. The van der Waals surface area contributed by atoms with Crippen molar-refractivity contribution in [3.8, 4) is 5.75 Å². The van der Waals surface area contributed by atoms with Gasteiger partial charge < -0.3 is 14.2 Å². The smallest absolute Gasteiger partial charge is 0.200 e. The second-order valence-corrected chi connectivity index (χ2v) is 7.17. The lowest BCUT2D eigenvalue weighted by Crippen LogP contribution is -2.39. The van der Waals surface area contributed by atoms with E-state index in [1.54, 1.807) is 0 Å². The van der Waals surface area contributed by atoms with Crippen LogP contribution in [0.1, 0.15) is 38.2 Å². The van der Waals surface area contributed by atoms with Gasteiger partial charge in [-0.15, -0.1) is 0 Å². The van der Waals surface area contributed by atoms with Gasteiger partial charge >= 0.3 is 0 Å². The maximum Gasteiger partial charge on any atom is 0.200 e. The monoisotopic (exact) mass is 340 g/mol. The van der Waals surface area contributed by atoms with E-state index in [1.807, 2.05) is 0 Å². The Balaban J connectivity index is 1.45. The van der Waals surface area contributed by atoms with Gasteiger partial charge in [0.25, 0.3) is 0 Å². The standard InChI is InChI=1S/C19H26F2O3/c1-12-3-7-16(23-9-12)14-5-6-15(22-10-14)11-24-17-8-4-13(2)18(20)19(17)21/h4,8,12,14-16H,3,5-7,9-11H2,1-2H3/t12?,14?,15-,16-/m0/s1. The van der Waals surface area contributed by atoms with Crippen molar-refractivity contribution in [2.24, 2.45) is 11.8 Å². The zero-order chi connectivity index (χ0) is 17.1. The molecule has 3 rings (SSSR count). The van der Waals surface area contributed by atoms with Crippen molar-refractivity contribution < 1.29 is 23.0 Å². The molecule has 0 saturated carbocycles. The third kappa shape index (κ3) is 4.06. The number of hydrogen-bond acceptors (Lipinski definition) is 3. The number of rotatable bonds is 4. The summed E-state index contributed by atoms with van der Waals surface area (Å²) < 4.78 is 44.6. The Morgan fingerprint density at radius 2 is 1.88 bits per heavy atom. The highest BCUT2D eigenvalue weighted by Gasteiger charge is 2.31. The van der Waals surface area contributed by atoms with E-state index < -0.39 is 11.6 Å². The molecular formula is C19H26F2O3. The van der Waals surface area contributed by atoms with Crippen molar-refractivity contribution in [3.63, 3.8) is 0 Å². The average Bonchev–Trinajstić information content (AvgIpc) is 2.60. The van der Waals surface area contributed by atoms with Crippen molar-refractivity contribution in [1.82, 2.24) is 0 Å². The first-order chi connectivity index (χ1) is 11.5. The van der Waals surface area contributed by atoms with E-state index in [4.69, 9.17) is 14.2 Å². The maximum absolute atomic E-state index is 13.8. The fourth-order valence-electron chi connectivity index (χ4n) is 3.45. The summed E-state index contributed by atoms with van der Waals surface area (Å²) in [6, 6.07) is 2.99. The Morgan fingerprint density at radius 1 is 1.04 bits per heavy atom. The summed E-state index contributed by atoms with van der Waals surface area (Å²) in [4.78, 5) is 0. The van der Waals surface area contributed by atoms with Crippen molar-refractivity contribution in [2.45, 2.75) is 51.7 Å². The Labute approximate surface area is 142 Å². The second-order valence-electron chi connectivity index (χ2n) is 7.17. The van der Waals surface area contributed by atoms with Crippen molar-refractivity contribution in [1.29, 1.82) is 0 Å². The molecule has 4 atom stereocenters. The van der Waals surface area contributed by atoms with Crippen molar-refractivity contribution in [2.75, 3.05) is 19.8 Å². The summed E-state index contributed by atoms with van der Waals surface area (Å²) in [5.74, 6) is -0.735. The normalized spacial score (nSPS) is 31.0. The third-order valence-corrected chi connectivity index (χ3v) is 5.13. The predicted molar refractivity (Wildman–Crippen MR) is 87.2 cm³/mol. The van der Waals surface area contributed by atoms with Gasteiger partial charge in [-0.3, -0.25) is 0 Å². The fourth-order valence-corrected chi connectivity index (χ4v) is 3.45. The van der Waals surface area contributed by atoms with Gasteiger partial charge in [0.15, 0.2) is 11.6 Å². The van der Waals surface area contributed by atoms with Gasteiger partial charge in [0.1, 0.15) is 6.61 Å². The highest BCUT2D eigenvalue weighted by molar-refractivity contribution is 5.30. The third-order valence-electron chi connectivity index (χ3n) is 5.13. The van der Waals surface area contributed by atoms with Crippen LogP contribution in [0.25, 0.3) is 0 Å². The van der Waals surface area contributed by atoms with E-state index in [0.29, 0.717) is 24.5 Å². The lowest BCUT2D eigenvalue weighted by Gasteiger charge is -2.37. The molecule has 134 valence electrons. The number of ether oxygens (including phenoxy) is 3. The van der Waals surface area contributed by atoms with Crippen LogP contribution >= 0.6 is 0 Å². The first kappa shape index (κ1) is 17.6. The van der Waals surface area contributed by atoms with Crippen LogP contribution in [0.2, 0.25) is 0 Å². The fraction of sp³-hybridized carbons (Fsp3) is 0.684. The van der Waals surface area contributed by atoms with Crippen LogP contribution in [-0.2, 0) is 9.47 Å². The Kier molecular flexibility index (Phi) is 5.72. The molecule has 0 aromatic heterocycles. The predicted octanol–water partition coefficient (Wildman–Crippen LogP) is 4.26. The molecule has 24 heavy (non-hydrogen) atoms. The van der Waals surface area contributed by atoms with Gasteiger partial charge in [-0.1, -0.05) is 13.0 Å². The maximum atomic E-state index is 13.8. The minimum atomic E-state index is -0.923. The SMILES string of the molecule is Cc1ccc(OC[C@@H]2CCC([C@@H]3CCC(C)CO3)CO2)c(F)c1F. The molecule has 0 N–H and O–H groups in total. The van der Waals surface area contributed by atoms with Crippen LogP contribution in [0, 0.1) is 30.4 Å². The van der Waals surface area contributed by atoms with Crippen LogP contribution in [0.4, 0.5) is 8.78 Å². The zero-order valence-corrected chi connectivity index (χ0v) is 14.4.